The van der Waals surface area contributed by atoms with Gasteiger partial charge in [-0.2, -0.15) is 0 Å². The van der Waals surface area contributed by atoms with Crippen LogP contribution in [0.2, 0.25) is 0 Å². The van der Waals surface area contributed by atoms with Crippen molar-refractivity contribution in [2.45, 2.75) is 32.1 Å². The van der Waals surface area contributed by atoms with Crippen molar-refractivity contribution in [3.05, 3.63) is 59.7 Å². The maximum absolute atomic E-state index is 5.96. The molecule has 0 saturated heterocycles. The molecule has 0 spiro atoms. The molecule has 0 aliphatic rings. The molecule has 0 saturated carbocycles. The predicted molar refractivity (Wildman–Crippen MR) is 95.3 cm³/mol. The Balaban J connectivity index is 1.78. The number of unbranched alkanes of at least 4 members (excludes halogenated alkanes) is 1. The van der Waals surface area contributed by atoms with Crippen LogP contribution >= 0.6 is 0 Å². The Kier molecular flexibility index (Phi) is 6.95. The third-order valence-corrected chi connectivity index (χ3v) is 4.07. The minimum absolute atomic E-state index is 0.338. The zero-order chi connectivity index (χ0) is 16.5. The maximum Gasteiger partial charge on any atom is 0.122 e. The molecule has 2 rings (SSSR count). The van der Waals surface area contributed by atoms with E-state index in [1.54, 1.807) is 7.11 Å². The summed E-state index contributed by atoms with van der Waals surface area (Å²) in [5.74, 6) is 2.22. The van der Waals surface area contributed by atoms with Crippen LogP contribution < -0.4 is 15.2 Å². The van der Waals surface area contributed by atoms with Gasteiger partial charge in [-0.05, 0) is 68.0 Å². The summed E-state index contributed by atoms with van der Waals surface area (Å²) in [5, 5.41) is 0. The standard InChI is InChI=1S/C20H27NO2/c1-16-8-7-10-18(14-16)23-13-6-5-9-17(15-21)19-11-3-4-12-20(19)22-2/h3-4,7-8,10-12,14,17H,5-6,9,13,15,21H2,1-2H3. The van der Waals surface area contributed by atoms with Crippen LogP contribution in [0.3, 0.4) is 0 Å². The molecule has 2 aromatic rings. The summed E-state index contributed by atoms with van der Waals surface area (Å²) in [6.45, 7) is 3.46. The first kappa shape index (κ1) is 17.4. The Morgan fingerprint density at radius 1 is 1.04 bits per heavy atom. The van der Waals surface area contributed by atoms with Gasteiger partial charge in [0.2, 0.25) is 0 Å². The van der Waals surface area contributed by atoms with Gasteiger partial charge in [0.1, 0.15) is 11.5 Å². The average molecular weight is 313 g/mol. The fourth-order valence-electron chi connectivity index (χ4n) is 2.79. The number of aryl methyl sites for hydroxylation is 1. The van der Waals surface area contributed by atoms with Gasteiger partial charge in [-0.3, -0.25) is 0 Å². The zero-order valence-corrected chi connectivity index (χ0v) is 14.1. The number of benzene rings is 2. The highest BCUT2D eigenvalue weighted by atomic mass is 16.5. The molecule has 0 aromatic heterocycles. The molecule has 124 valence electrons. The summed E-state index contributed by atoms with van der Waals surface area (Å²) in [6.07, 6.45) is 3.17. The van der Waals surface area contributed by atoms with Crippen molar-refractivity contribution in [2.75, 3.05) is 20.3 Å². The molecule has 0 aliphatic heterocycles. The van der Waals surface area contributed by atoms with Crippen LogP contribution in [0.1, 0.15) is 36.3 Å². The zero-order valence-electron chi connectivity index (χ0n) is 14.1. The summed E-state index contributed by atoms with van der Waals surface area (Å²) in [5.41, 5.74) is 8.39. The van der Waals surface area contributed by atoms with Gasteiger partial charge >= 0.3 is 0 Å². The van der Waals surface area contributed by atoms with Gasteiger partial charge in [0, 0.05) is 0 Å². The molecule has 0 amide bonds. The molecule has 1 atom stereocenters. The van der Waals surface area contributed by atoms with Crippen LogP contribution in [-0.2, 0) is 0 Å². The van der Waals surface area contributed by atoms with Crippen LogP contribution in [0.5, 0.6) is 11.5 Å². The highest BCUT2D eigenvalue weighted by molar-refractivity contribution is 5.36. The van der Waals surface area contributed by atoms with Crippen molar-refractivity contribution in [1.29, 1.82) is 0 Å². The van der Waals surface area contributed by atoms with Gasteiger partial charge in [-0.15, -0.1) is 0 Å². The average Bonchev–Trinajstić information content (AvgIpc) is 2.58. The Labute approximate surface area is 139 Å². The largest absolute Gasteiger partial charge is 0.496 e. The van der Waals surface area contributed by atoms with E-state index < -0.39 is 0 Å². The molecular weight excluding hydrogens is 286 g/mol. The predicted octanol–water partition coefficient (Wildman–Crippen LogP) is 4.30. The van der Waals surface area contributed by atoms with Crippen LogP contribution in [-0.4, -0.2) is 20.3 Å². The molecule has 0 bridgehead atoms. The van der Waals surface area contributed by atoms with Crippen molar-refractivity contribution >= 4 is 0 Å². The number of hydrogen-bond acceptors (Lipinski definition) is 3. The first-order valence-electron chi connectivity index (χ1n) is 8.27. The number of ether oxygens (including phenoxy) is 2. The minimum atomic E-state index is 0.338. The Hall–Kier alpha value is -2.00. The van der Waals surface area contributed by atoms with Gasteiger partial charge in [-0.25, -0.2) is 0 Å². The number of rotatable bonds is 9. The van der Waals surface area contributed by atoms with Gasteiger partial charge < -0.3 is 15.2 Å². The van der Waals surface area contributed by atoms with Crippen molar-refractivity contribution in [3.63, 3.8) is 0 Å². The highest BCUT2D eigenvalue weighted by Crippen LogP contribution is 2.29. The molecule has 0 radical (unpaired) electrons. The summed E-state index contributed by atoms with van der Waals surface area (Å²) in [4.78, 5) is 0. The number of hydrogen-bond donors (Lipinski definition) is 1. The summed E-state index contributed by atoms with van der Waals surface area (Å²) in [7, 11) is 1.71. The smallest absolute Gasteiger partial charge is 0.122 e. The lowest BCUT2D eigenvalue weighted by Gasteiger charge is -2.18. The van der Waals surface area contributed by atoms with E-state index >= 15 is 0 Å². The van der Waals surface area contributed by atoms with Crippen molar-refractivity contribution < 1.29 is 9.47 Å². The van der Waals surface area contributed by atoms with Crippen LogP contribution in [0.4, 0.5) is 0 Å². The molecule has 0 fully saturated rings. The van der Waals surface area contributed by atoms with E-state index in [9.17, 15) is 0 Å². The normalized spacial score (nSPS) is 12.0. The van der Waals surface area contributed by atoms with E-state index in [1.807, 2.05) is 30.3 Å². The first-order chi connectivity index (χ1) is 11.2. The van der Waals surface area contributed by atoms with Gasteiger partial charge in [0.05, 0.1) is 13.7 Å². The van der Waals surface area contributed by atoms with Crippen LogP contribution in [0, 0.1) is 6.92 Å². The Morgan fingerprint density at radius 3 is 2.61 bits per heavy atom. The Bertz CT molecular complexity index is 598. The summed E-state index contributed by atoms with van der Waals surface area (Å²) < 4.78 is 11.2. The second kappa shape index (κ2) is 9.21. The second-order valence-electron chi connectivity index (χ2n) is 5.84. The molecule has 3 heteroatoms. The minimum Gasteiger partial charge on any atom is -0.496 e. The van der Waals surface area contributed by atoms with Gasteiger partial charge in [0.15, 0.2) is 0 Å². The van der Waals surface area contributed by atoms with Crippen molar-refractivity contribution in [3.8, 4) is 11.5 Å². The molecule has 2 N–H and O–H groups in total. The molecule has 3 nitrogen and oxygen atoms in total. The van der Waals surface area contributed by atoms with Gasteiger partial charge in [0.25, 0.3) is 0 Å². The molecule has 23 heavy (non-hydrogen) atoms. The van der Waals surface area contributed by atoms with E-state index in [-0.39, 0.29) is 0 Å². The van der Waals surface area contributed by atoms with E-state index in [2.05, 4.69) is 25.1 Å². The topological polar surface area (TPSA) is 44.5 Å². The van der Waals surface area contributed by atoms with Crippen molar-refractivity contribution in [2.24, 2.45) is 5.73 Å². The molecule has 2 aromatic carbocycles. The lowest BCUT2D eigenvalue weighted by atomic mass is 9.93. The van der Waals surface area contributed by atoms with E-state index in [0.717, 1.165) is 37.4 Å². The number of nitrogens with two attached hydrogens (primary N) is 1. The third-order valence-electron chi connectivity index (χ3n) is 4.07. The lowest BCUT2D eigenvalue weighted by Crippen LogP contribution is -2.14. The van der Waals surface area contributed by atoms with Crippen LogP contribution in [0.15, 0.2) is 48.5 Å². The van der Waals surface area contributed by atoms with E-state index in [0.29, 0.717) is 12.5 Å². The van der Waals surface area contributed by atoms with Crippen molar-refractivity contribution in [1.82, 2.24) is 0 Å². The van der Waals surface area contributed by atoms with Gasteiger partial charge in [-0.1, -0.05) is 30.3 Å². The fraction of sp³-hybridized carbons (Fsp3) is 0.400. The second-order valence-corrected chi connectivity index (χ2v) is 5.84. The van der Waals surface area contributed by atoms with Crippen LogP contribution in [0.25, 0.3) is 0 Å². The fourth-order valence-corrected chi connectivity index (χ4v) is 2.79. The number of para-hydroxylation sites is 1. The molecule has 1 unspecified atom stereocenters. The monoisotopic (exact) mass is 313 g/mol. The highest BCUT2D eigenvalue weighted by Gasteiger charge is 2.13. The summed E-state index contributed by atoms with van der Waals surface area (Å²) >= 11 is 0. The summed E-state index contributed by atoms with van der Waals surface area (Å²) in [6, 6.07) is 16.3. The third kappa shape index (κ3) is 5.29. The van der Waals surface area contributed by atoms with E-state index in [4.69, 9.17) is 15.2 Å². The quantitative estimate of drug-likeness (QED) is 0.702. The van der Waals surface area contributed by atoms with E-state index in [1.165, 1.54) is 11.1 Å². The maximum atomic E-state index is 5.96. The number of methoxy groups -OCH3 is 1. The molecule has 0 heterocycles. The SMILES string of the molecule is COc1ccccc1C(CN)CCCCOc1cccc(C)c1. The lowest BCUT2D eigenvalue weighted by molar-refractivity contribution is 0.302. The molecular formula is C20H27NO2. The Morgan fingerprint density at radius 2 is 1.87 bits per heavy atom. The molecule has 0 aliphatic carbocycles. The first-order valence-corrected chi connectivity index (χ1v) is 8.27.